The van der Waals surface area contributed by atoms with Gasteiger partial charge in [-0.3, -0.25) is 9.59 Å². The highest BCUT2D eigenvalue weighted by Gasteiger charge is 2.26. The second kappa shape index (κ2) is 5.26. The van der Waals surface area contributed by atoms with Crippen LogP contribution in [-0.4, -0.2) is 28.6 Å². The lowest BCUT2D eigenvalue weighted by atomic mass is 10.1. The van der Waals surface area contributed by atoms with Crippen molar-refractivity contribution >= 4 is 17.5 Å². The van der Waals surface area contributed by atoms with Crippen LogP contribution in [0, 0.1) is 13.8 Å². The smallest absolute Gasteiger partial charge is 0.329 e. The van der Waals surface area contributed by atoms with E-state index in [-0.39, 0.29) is 6.04 Å². The number of rotatable bonds is 3. The Morgan fingerprint density at radius 1 is 1.32 bits per heavy atom. The van der Waals surface area contributed by atoms with Crippen LogP contribution in [0.2, 0.25) is 0 Å². The van der Waals surface area contributed by atoms with Crippen molar-refractivity contribution in [1.29, 1.82) is 0 Å². The second-order valence-corrected chi connectivity index (χ2v) is 4.86. The number of amides is 2. The molecule has 0 unspecified atom stereocenters. The zero-order valence-corrected chi connectivity index (χ0v) is 11.3. The summed E-state index contributed by atoms with van der Waals surface area (Å²) in [6.45, 7) is 5.69. The Labute approximate surface area is 111 Å². The van der Waals surface area contributed by atoms with Crippen LogP contribution in [0.4, 0.5) is 0 Å². The molecular formula is C13H18N4O2. The summed E-state index contributed by atoms with van der Waals surface area (Å²) in [6.07, 6.45) is 3.78. The summed E-state index contributed by atoms with van der Waals surface area (Å²) in [7, 11) is 0. The highest BCUT2D eigenvalue weighted by molar-refractivity contribution is 6.35. The molecule has 0 radical (unpaired) electrons. The van der Waals surface area contributed by atoms with Gasteiger partial charge in [0.15, 0.2) is 0 Å². The van der Waals surface area contributed by atoms with Crippen LogP contribution in [0.5, 0.6) is 0 Å². The molecule has 2 rings (SSSR count). The molecule has 0 saturated heterocycles. The molecule has 1 aliphatic carbocycles. The van der Waals surface area contributed by atoms with Gasteiger partial charge in [-0.25, -0.2) is 5.43 Å². The standard InChI is InChI=1S/C13H18N4O2/c1-7-6-14-8(2)11(7)9(3)16-17-13(19)12(18)15-10-4-5-10/h6,10,14H,4-5H2,1-3H3,(H,15,18)(H,17,19)/b16-9+. The van der Waals surface area contributed by atoms with Gasteiger partial charge in [0.25, 0.3) is 0 Å². The maximum atomic E-state index is 11.5. The van der Waals surface area contributed by atoms with Gasteiger partial charge in [-0.15, -0.1) is 0 Å². The fraction of sp³-hybridized carbons (Fsp3) is 0.462. The first-order valence-electron chi connectivity index (χ1n) is 6.29. The van der Waals surface area contributed by atoms with Crippen LogP contribution in [0.3, 0.4) is 0 Å². The fourth-order valence-electron chi connectivity index (χ4n) is 1.93. The zero-order valence-electron chi connectivity index (χ0n) is 11.3. The first-order valence-corrected chi connectivity index (χ1v) is 6.29. The molecule has 1 aliphatic rings. The number of nitrogens with one attached hydrogen (secondary N) is 3. The molecular weight excluding hydrogens is 244 g/mol. The molecule has 6 heteroatoms. The minimum absolute atomic E-state index is 0.164. The molecule has 2 amide bonds. The van der Waals surface area contributed by atoms with Crippen LogP contribution in [-0.2, 0) is 9.59 Å². The second-order valence-electron chi connectivity index (χ2n) is 4.86. The van der Waals surface area contributed by atoms with Gasteiger partial charge in [0, 0.05) is 23.5 Å². The lowest BCUT2D eigenvalue weighted by Gasteiger charge is -2.04. The Hall–Kier alpha value is -2.11. The fourth-order valence-corrected chi connectivity index (χ4v) is 1.93. The Bertz CT molecular complexity index is 521. The van der Waals surface area contributed by atoms with E-state index in [4.69, 9.17) is 0 Å². The van der Waals surface area contributed by atoms with Crippen LogP contribution in [0.15, 0.2) is 11.3 Å². The van der Waals surface area contributed by atoms with Gasteiger partial charge in [0.1, 0.15) is 0 Å². The third kappa shape index (κ3) is 3.21. The predicted molar refractivity (Wildman–Crippen MR) is 71.8 cm³/mol. The largest absolute Gasteiger partial charge is 0.364 e. The number of carbonyl (C=O) groups excluding carboxylic acids is 2. The number of H-pyrrole nitrogens is 1. The zero-order chi connectivity index (χ0) is 14.0. The third-order valence-corrected chi connectivity index (χ3v) is 3.08. The molecule has 6 nitrogen and oxygen atoms in total. The summed E-state index contributed by atoms with van der Waals surface area (Å²) >= 11 is 0. The normalized spacial score (nSPS) is 15.2. The molecule has 0 aromatic carbocycles. The van der Waals surface area contributed by atoms with Gasteiger partial charge in [-0.1, -0.05) is 0 Å². The van der Waals surface area contributed by atoms with E-state index in [2.05, 4.69) is 20.8 Å². The molecule has 1 aromatic rings. The Morgan fingerprint density at radius 3 is 2.53 bits per heavy atom. The number of hydrogen-bond acceptors (Lipinski definition) is 3. The Kier molecular flexibility index (Phi) is 3.69. The number of aromatic amines is 1. The lowest BCUT2D eigenvalue weighted by Crippen LogP contribution is -2.39. The Balaban J connectivity index is 1.97. The minimum Gasteiger partial charge on any atom is -0.364 e. The number of hydrogen-bond donors (Lipinski definition) is 3. The van der Waals surface area contributed by atoms with Crippen molar-refractivity contribution in [2.45, 2.75) is 39.7 Å². The average molecular weight is 262 g/mol. The molecule has 1 fully saturated rings. The van der Waals surface area contributed by atoms with Gasteiger partial charge in [0.2, 0.25) is 0 Å². The van der Waals surface area contributed by atoms with Crippen molar-refractivity contribution in [1.82, 2.24) is 15.7 Å². The molecule has 0 aliphatic heterocycles. The molecule has 19 heavy (non-hydrogen) atoms. The van der Waals surface area contributed by atoms with E-state index in [0.29, 0.717) is 5.71 Å². The van der Waals surface area contributed by atoms with Gasteiger partial charge >= 0.3 is 11.8 Å². The highest BCUT2D eigenvalue weighted by atomic mass is 16.2. The first kappa shape index (κ1) is 13.3. The van der Waals surface area contributed by atoms with E-state index in [1.165, 1.54) is 0 Å². The molecule has 3 N–H and O–H groups in total. The summed E-state index contributed by atoms with van der Waals surface area (Å²) < 4.78 is 0. The third-order valence-electron chi connectivity index (χ3n) is 3.08. The van der Waals surface area contributed by atoms with Crippen LogP contribution in [0.1, 0.15) is 36.6 Å². The summed E-state index contributed by atoms with van der Waals surface area (Å²) in [4.78, 5) is 26.0. The molecule has 1 saturated carbocycles. The van der Waals surface area contributed by atoms with E-state index in [0.717, 1.165) is 29.7 Å². The lowest BCUT2D eigenvalue weighted by molar-refractivity contribution is -0.139. The van der Waals surface area contributed by atoms with Crippen molar-refractivity contribution in [2.75, 3.05) is 0 Å². The summed E-state index contributed by atoms with van der Waals surface area (Å²) in [5.74, 6) is -1.35. The van der Waals surface area contributed by atoms with Gasteiger partial charge in [0.05, 0.1) is 5.71 Å². The molecule has 1 aromatic heterocycles. The van der Waals surface area contributed by atoms with Crippen molar-refractivity contribution in [3.8, 4) is 0 Å². The topological polar surface area (TPSA) is 86.3 Å². The summed E-state index contributed by atoms with van der Waals surface area (Å²) in [6, 6.07) is 0.164. The number of carbonyl (C=O) groups is 2. The first-order chi connectivity index (χ1) is 8.99. The van der Waals surface area contributed by atoms with Crippen LogP contribution < -0.4 is 10.7 Å². The van der Waals surface area contributed by atoms with E-state index >= 15 is 0 Å². The van der Waals surface area contributed by atoms with E-state index in [1.807, 2.05) is 20.0 Å². The van der Waals surface area contributed by atoms with Gasteiger partial charge in [-0.2, -0.15) is 5.10 Å². The maximum Gasteiger partial charge on any atom is 0.329 e. The molecule has 0 bridgehead atoms. The predicted octanol–water partition coefficient (Wildman–Crippen LogP) is 0.750. The summed E-state index contributed by atoms with van der Waals surface area (Å²) in [5, 5.41) is 6.58. The molecule has 0 spiro atoms. The van der Waals surface area contributed by atoms with Crippen molar-refractivity contribution in [3.05, 3.63) is 23.0 Å². The number of aryl methyl sites for hydroxylation is 2. The number of aromatic nitrogens is 1. The van der Waals surface area contributed by atoms with Crippen LogP contribution >= 0.6 is 0 Å². The SMILES string of the molecule is C/C(=N\NC(=O)C(=O)NC1CC1)c1c(C)c[nH]c1C. The Morgan fingerprint density at radius 2 is 2.00 bits per heavy atom. The minimum atomic E-state index is -0.725. The summed E-state index contributed by atoms with van der Waals surface area (Å²) in [5.41, 5.74) is 5.95. The maximum absolute atomic E-state index is 11.5. The van der Waals surface area contributed by atoms with Gasteiger partial charge in [-0.05, 0) is 39.2 Å². The highest BCUT2D eigenvalue weighted by Crippen LogP contribution is 2.18. The number of nitrogens with zero attached hydrogens (tertiary/aromatic N) is 1. The van der Waals surface area contributed by atoms with Gasteiger partial charge < -0.3 is 10.3 Å². The van der Waals surface area contributed by atoms with E-state index in [1.54, 1.807) is 6.92 Å². The van der Waals surface area contributed by atoms with Crippen molar-refractivity contribution in [2.24, 2.45) is 5.10 Å². The molecule has 102 valence electrons. The van der Waals surface area contributed by atoms with Crippen molar-refractivity contribution in [3.63, 3.8) is 0 Å². The van der Waals surface area contributed by atoms with Crippen molar-refractivity contribution < 1.29 is 9.59 Å². The quantitative estimate of drug-likeness (QED) is 0.426. The number of hydrazone groups is 1. The molecule has 1 heterocycles. The molecule has 0 atom stereocenters. The van der Waals surface area contributed by atoms with E-state index in [9.17, 15) is 9.59 Å². The average Bonchev–Trinajstić information content (AvgIpc) is 3.11. The van der Waals surface area contributed by atoms with E-state index < -0.39 is 11.8 Å². The monoisotopic (exact) mass is 262 g/mol. The van der Waals surface area contributed by atoms with Crippen LogP contribution in [0.25, 0.3) is 0 Å².